The van der Waals surface area contributed by atoms with E-state index in [-0.39, 0.29) is 44.8 Å². The molecule has 2 aromatic carbocycles. The molecule has 150 valence electrons. The molecule has 0 saturated heterocycles. The van der Waals surface area contributed by atoms with E-state index in [2.05, 4.69) is 10.6 Å². The summed E-state index contributed by atoms with van der Waals surface area (Å²) in [4.78, 5) is 26.1. The number of nitrogens with zero attached hydrogens (tertiary/aromatic N) is 1. The number of carbonyl (C=O) groups is 2. The molecule has 2 N–H and O–H groups in total. The fourth-order valence-corrected chi connectivity index (χ4v) is 3.45. The van der Waals surface area contributed by atoms with Crippen molar-refractivity contribution in [1.29, 1.82) is 0 Å². The summed E-state index contributed by atoms with van der Waals surface area (Å²) < 4.78 is 0. The number of benzene rings is 2. The van der Waals surface area contributed by atoms with Crippen LogP contribution >= 0.6 is 46.4 Å². The number of anilines is 2. The maximum atomic E-state index is 12.3. The minimum Gasteiger partial charge on any atom is -0.325 e. The fourth-order valence-electron chi connectivity index (χ4n) is 2.55. The third-order valence-electron chi connectivity index (χ3n) is 3.88. The van der Waals surface area contributed by atoms with Gasteiger partial charge in [0, 0.05) is 5.69 Å². The molecule has 2 rings (SSSR count). The number of rotatable bonds is 7. The lowest BCUT2D eigenvalue weighted by Gasteiger charge is -2.18. The van der Waals surface area contributed by atoms with Gasteiger partial charge in [0.1, 0.15) is 0 Å². The minimum absolute atomic E-state index is 0.0310. The lowest BCUT2D eigenvalue weighted by atomic mass is 10.1. The lowest BCUT2D eigenvalue weighted by Crippen LogP contribution is -2.36. The van der Waals surface area contributed by atoms with Crippen molar-refractivity contribution in [2.75, 3.05) is 30.8 Å². The molecule has 0 saturated carbocycles. The van der Waals surface area contributed by atoms with Crippen molar-refractivity contribution < 1.29 is 9.59 Å². The first-order valence-corrected chi connectivity index (χ1v) is 9.93. The molecule has 2 aromatic rings. The molecular formula is C19H19Cl4N3O2. The number of aryl methyl sites for hydroxylation is 1. The molecule has 0 bridgehead atoms. The van der Waals surface area contributed by atoms with Crippen molar-refractivity contribution in [3.8, 4) is 0 Å². The molecule has 5 nitrogen and oxygen atoms in total. The molecule has 28 heavy (non-hydrogen) atoms. The summed E-state index contributed by atoms with van der Waals surface area (Å²) in [5, 5.41) is 5.99. The molecule has 0 aliphatic heterocycles. The lowest BCUT2D eigenvalue weighted by molar-refractivity contribution is -0.119. The molecule has 0 atom stereocenters. The average Bonchev–Trinajstić information content (AvgIpc) is 2.63. The van der Waals surface area contributed by atoms with E-state index < -0.39 is 5.91 Å². The minimum atomic E-state index is -0.411. The number of para-hydroxylation sites is 1. The summed E-state index contributed by atoms with van der Waals surface area (Å²) in [6.07, 6.45) is 0.804. The topological polar surface area (TPSA) is 61.4 Å². The van der Waals surface area contributed by atoms with E-state index in [1.807, 2.05) is 31.2 Å². The molecule has 0 heterocycles. The SMILES string of the molecule is CCc1ccccc1NC(=O)CN(C)CC(=O)Nc1c(Cl)c(Cl)cc(Cl)c1Cl. The van der Waals surface area contributed by atoms with Gasteiger partial charge in [-0.3, -0.25) is 14.5 Å². The summed E-state index contributed by atoms with van der Waals surface area (Å²) in [7, 11) is 1.65. The Labute approximate surface area is 183 Å². The Kier molecular flexibility index (Phi) is 8.40. The van der Waals surface area contributed by atoms with Gasteiger partial charge in [-0.15, -0.1) is 0 Å². The van der Waals surface area contributed by atoms with Crippen LogP contribution in [0.3, 0.4) is 0 Å². The van der Waals surface area contributed by atoms with E-state index >= 15 is 0 Å². The predicted octanol–water partition coefficient (Wildman–Crippen LogP) is 5.37. The van der Waals surface area contributed by atoms with Gasteiger partial charge in [-0.25, -0.2) is 0 Å². The zero-order chi connectivity index (χ0) is 20.8. The second-order valence-electron chi connectivity index (χ2n) is 6.12. The number of amides is 2. The molecule has 0 aromatic heterocycles. The second-order valence-corrected chi connectivity index (χ2v) is 7.69. The van der Waals surface area contributed by atoms with Crippen molar-refractivity contribution in [2.24, 2.45) is 0 Å². The standard InChI is InChI=1S/C19H19Cl4N3O2/c1-3-11-6-4-5-7-14(11)24-15(27)9-26(2)10-16(28)25-19-17(22)12(20)8-13(21)18(19)23/h4-8H,3,9-10H2,1-2H3,(H,24,27)(H,25,28). The predicted molar refractivity (Wildman–Crippen MR) is 117 cm³/mol. The van der Waals surface area contributed by atoms with Gasteiger partial charge in [-0.2, -0.15) is 0 Å². The summed E-state index contributed by atoms with van der Waals surface area (Å²) in [6.45, 7) is 1.99. The van der Waals surface area contributed by atoms with Gasteiger partial charge in [0.2, 0.25) is 11.8 Å². The van der Waals surface area contributed by atoms with E-state index in [1.165, 1.54) is 6.07 Å². The van der Waals surface area contributed by atoms with Crippen LogP contribution in [0.2, 0.25) is 20.1 Å². The highest BCUT2D eigenvalue weighted by molar-refractivity contribution is 6.50. The maximum absolute atomic E-state index is 12.3. The van der Waals surface area contributed by atoms with Gasteiger partial charge < -0.3 is 10.6 Å². The van der Waals surface area contributed by atoms with Crippen molar-refractivity contribution in [3.05, 3.63) is 56.0 Å². The van der Waals surface area contributed by atoms with Crippen LogP contribution in [-0.4, -0.2) is 36.9 Å². The zero-order valence-corrected chi connectivity index (χ0v) is 18.3. The molecule has 0 aliphatic rings. The smallest absolute Gasteiger partial charge is 0.238 e. The first-order valence-electron chi connectivity index (χ1n) is 8.42. The van der Waals surface area contributed by atoms with Crippen LogP contribution in [0, 0.1) is 0 Å². The van der Waals surface area contributed by atoms with Crippen molar-refractivity contribution in [2.45, 2.75) is 13.3 Å². The Balaban J connectivity index is 1.95. The maximum Gasteiger partial charge on any atom is 0.238 e. The van der Waals surface area contributed by atoms with E-state index in [1.54, 1.807) is 11.9 Å². The Bertz CT molecular complexity index is 863. The third-order valence-corrected chi connectivity index (χ3v) is 5.45. The molecular weight excluding hydrogens is 444 g/mol. The van der Waals surface area contributed by atoms with Crippen molar-refractivity contribution >= 4 is 69.6 Å². The molecule has 0 radical (unpaired) electrons. The highest BCUT2D eigenvalue weighted by atomic mass is 35.5. The van der Waals surface area contributed by atoms with Gasteiger partial charge in [0.25, 0.3) is 0 Å². The van der Waals surface area contributed by atoms with Crippen LogP contribution in [0.4, 0.5) is 11.4 Å². The highest BCUT2D eigenvalue weighted by Crippen LogP contribution is 2.40. The monoisotopic (exact) mass is 461 g/mol. The van der Waals surface area contributed by atoms with Gasteiger partial charge in [0.15, 0.2) is 0 Å². The second kappa shape index (κ2) is 10.3. The van der Waals surface area contributed by atoms with E-state index in [0.29, 0.717) is 0 Å². The fraction of sp³-hybridized carbons (Fsp3) is 0.263. The number of hydrogen-bond donors (Lipinski definition) is 2. The molecule has 0 fully saturated rings. The van der Waals surface area contributed by atoms with Crippen LogP contribution in [0.25, 0.3) is 0 Å². The van der Waals surface area contributed by atoms with Crippen LogP contribution in [-0.2, 0) is 16.0 Å². The third kappa shape index (κ3) is 6.00. The molecule has 0 unspecified atom stereocenters. The van der Waals surface area contributed by atoms with Gasteiger partial charge in [-0.05, 0) is 31.2 Å². The average molecular weight is 463 g/mol. The molecule has 2 amide bonds. The number of carbonyl (C=O) groups excluding carboxylic acids is 2. The Hall–Kier alpha value is -1.50. The Morgan fingerprint density at radius 1 is 0.929 bits per heavy atom. The Morgan fingerprint density at radius 2 is 1.46 bits per heavy atom. The summed E-state index contributed by atoms with van der Waals surface area (Å²) in [5.41, 5.74) is 1.94. The quantitative estimate of drug-likeness (QED) is 0.543. The summed E-state index contributed by atoms with van der Waals surface area (Å²) in [5.74, 6) is -0.635. The summed E-state index contributed by atoms with van der Waals surface area (Å²) in [6, 6.07) is 8.97. The highest BCUT2D eigenvalue weighted by Gasteiger charge is 2.18. The first kappa shape index (κ1) is 22.8. The number of halogens is 4. The summed E-state index contributed by atoms with van der Waals surface area (Å²) >= 11 is 24.1. The number of nitrogens with one attached hydrogen (secondary N) is 2. The van der Waals surface area contributed by atoms with Gasteiger partial charge in [-0.1, -0.05) is 71.5 Å². The van der Waals surface area contributed by atoms with Crippen molar-refractivity contribution in [3.63, 3.8) is 0 Å². The normalized spacial score (nSPS) is 10.8. The largest absolute Gasteiger partial charge is 0.325 e. The zero-order valence-electron chi connectivity index (χ0n) is 15.3. The van der Waals surface area contributed by atoms with Gasteiger partial charge in [0.05, 0.1) is 38.9 Å². The van der Waals surface area contributed by atoms with E-state index in [4.69, 9.17) is 46.4 Å². The van der Waals surface area contributed by atoms with Gasteiger partial charge >= 0.3 is 0 Å². The van der Waals surface area contributed by atoms with Crippen LogP contribution in [0.15, 0.2) is 30.3 Å². The number of likely N-dealkylation sites (N-methyl/N-ethyl adjacent to an activating group) is 1. The molecule has 0 aliphatic carbocycles. The van der Waals surface area contributed by atoms with E-state index in [9.17, 15) is 9.59 Å². The van der Waals surface area contributed by atoms with E-state index in [0.717, 1.165) is 17.7 Å². The van der Waals surface area contributed by atoms with Crippen molar-refractivity contribution in [1.82, 2.24) is 4.90 Å². The number of hydrogen-bond acceptors (Lipinski definition) is 3. The van der Waals surface area contributed by atoms with Crippen LogP contribution in [0.1, 0.15) is 12.5 Å². The molecule has 0 spiro atoms. The van der Waals surface area contributed by atoms with Crippen LogP contribution in [0.5, 0.6) is 0 Å². The molecule has 9 heteroatoms. The first-order chi connectivity index (χ1) is 13.2. The Morgan fingerprint density at radius 3 is 2.04 bits per heavy atom. The van der Waals surface area contributed by atoms with Crippen LogP contribution < -0.4 is 10.6 Å².